The highest BCUT2D eigenvalue weighted by molar-refractivity contribution is 5.83. The predicted octanol–water partition coefficient (Wildman–Crippen LogP) is 3.06. The summed E-state index contributed by atoms with van der Waals surface area (Å²) < 4.78 is 5.32. The van der Waals surface area contributed by atoms with Gasteiger partial charge in [0.05, 0.1) is 18.2 Å². The van der Waals surface area contributed by atoms with Crippen LogP contribution in [0.1, 0.15) is 11.1 Å². The van der Waals surface area contributed by atoms with Crippen molar-refractivity contribution in [1.82, 2.24) is 9.97 Å². The van der Waals surface area contributed by atoms with Crippen LogP contribution < -0.4 is 10.1 Å². The van der Waals surface area contributed by atoms with Crippen LogP contribution in [0, 0.1) is 11.3 Å². The molecule has 1 aromatic heterocycles. The van der Waals surface area contributed by atoms with E-state index >= 15 is 0 Å². The molecule has 0 saturated carbocycles. The normalized spacial score (nSPS) is 10.3. The van der Waals surface area contributed by atoms with Crippen LogP contribution in [0.5, 0.6) is 5.75 Å². The standard InChI is InChI=1S/C16H14N4O/c1-21-14-8-3-2-5-12(14)10-18-16-19-13-7-4-6-11(9-17)15(13)20-16/h2-8H,10H2,1H3,(H2,18,19,20). The molecule has 2 N–H and O–H groups in total. The van der Waals surface area contributed by atoms with E-state index in [1.54, 1.807) is 13.2 Å². The minimum Gasteiger partial charge on any atom is -0.496 e. The van der Waals surface area contributed by atoms with Crippen LogP contribution in [0.2, 0.25) is 0 Å². The fourth-order valence-corrected chi connectivity index (χ4v) is 2.23. The summed E-state index contributed by atoms with van der Waals surface area (Å²) in [7, 11) is 1.65. The molecule has 3 rings (SSSR count). The SMILES string of the molecule is COc1ccccc1CNc1nc2c(C#N)cccc2[nH]1. The lowest BCUT2D eigenvalue weighted by atomic mass is 10.2. The summed E-state index contributed by atoms with van der Waals surface area (Å²) >= 11 is 0. The summed E-state index contributed by atoms with van der Waals surface area (Å²) in [6.07, 6.45) is 0. The molecule has 0 bridgehead atoms. The fourth-order valence-electron chi connectivity index (χ4n) is 2.23. The summed E-state index contributed by atoms with van der Waals surface area (Å²) in [6.45, 7) is 0.589. The molecular formula is C16H14N4O. The number of anilines is 1. The number of benzene rings is 2. The number of nitriles is 1. The number of hydrogen-bond donors (Lipinski definition) is 2. The van der Waals surface area contributed by atoms with Gasteiger partial charge in [-0.15, -0.1) is 0 Å². The molecule has 0 spiro atoms. The van der Waals surface area contributed by atoms with Gasteiger partial charge in [-0.25, -0.2) is 4.98 Å². The van der Waals surface area contributed by atoms with Gasteiger partial charge in [0.25, 0.3) is 0 Å². The number of aromatic amines is 1. The second-order valence-electron chi connectivity index (χ2n) is 4.56. The lowest BCUT2D eigenvalue weighted by molar-refractivity contribution is 0.410. The van der Waals surface area contributed by atoms with Crippen molar-refractivity contribution >= 4 is 17.0 Å². The molecular weight excluding hydrogens is 264 g/mol. The molecule has 0 aliphatic carbocycles. The lowest BCUT2D eigenvalue weighted by Crippen LogP contribution is -2.02. The van der Waals surface area contributed by atoms with E-state index in [-0.39, 0.29) is 0 Å². The Morgan fingerprint density at radius 2 is 2.10 bits per heavy atom. The Balaban J connectivity index is 1.84. The van der Waals surface area contributed by atoms with Crippen LogP contribution in [0.4, 0.5) is 5.95 Å². The molecule has 2 aromatic carbocycles. The first-order valence-corrected chi connectivity index (χ1v) is 6.56. The molecule has 0 radical (unpaired) electrons. The topological polar surface area (TPSA) is 73.7 Å². The van der Waals surface area contributed by atoms with Crippen LogP contribution in [0.25, 0.3) is 11.0 Å². The van der Waals surface area contributed by atoms with Crippen LogP contribution in [-0.4, -0.2) is 17.1 Å². The third-order valence-electron chi connectivity index (χ3n) is 3.27. The van der Waals surface area contributed by atoms with E-state index in [0.29, 0.717) is 23.6 Å². The summed E-state index contributed by atoms with van der Waals surface area (Å²) in [5.41, 5.74) is 3.13. The van der Waals surface area contributed by atoms with Crippen molar-refractivity contribution in [1.29, 1.82) is 5.26 Å². The van der Waals surface area contributed by atoms with E-state index in [0.717, 1.165) is 16.8 Å². The van der Waals surface area contributed by atoms with Crippen molar-refractivity contribution in [2.24, 2.45) is 0 Å². The molecule has 0 aliphatic rings. The van der Waals surface area contributed by atoms with Crippen LogP contribution in [0.3, 0.4) is 0 Å². The van der Waals surface area contributed by atoms with E-state index < -0.39 is 0 Å². The highest BCUT2D eigenvalue weighted by Crippen LogP contribution is 2.21. The molecule has 5 heteroatoms. The molecule has 104 valence electrons. The maximum atomic E-state index is 9.08. The van der Waals surface area contributed by atoms with Gasteiger partial charge in [-0.1, -0.05) is 24.3 Å². The predicted molar refractivity (Wildman–Crippen MR) is 81.1 cm³/mol. The van der Waals surface area contributed by atoms with Crippen molar-refractivity contribution in [3.05, 3.63) is 53.6 Å². The number of fused-ring (bicyclic) bond motifs is 1. The van der Waals surface area contributed by atoms with Crippen molar-refractivity contribution in [2.75, 3.05) is 12.4 Å². The van der Waals surface area contributed by atoms with E-state index in [2.05, 4.69) is 21.4 Å². The first-order chi connectivity index (χ1) is 10.3. The zero-order valence-corrected chi connectivity index (χ0v) is 11.6. The number of rotatable bonds is 4. The van der Waals surface area contributed by atoms with Gasteiger partial charge in [0.2, 0.25) is 5.95 Å². The van der Waals surface area contributed by atoms with Crippen LogP contribution in [0.15, 0.2) is 42.5 Å². The zero-order valence-electron chi connectivity index (χ0n) is 11.6. The first kappa shape index (κ1) is 13.0. The largest absolute Gasteiger partial charge is 0.496 e. The van der Waals surface area contributed by atoms with Gasteiger partial charge in [-0.05, 0) is 18.2 Å². The highest BCUT2D eigenvalue weighted by Gasteiger charge is 2.07. The Morgan fingerprint density at radius 1 is 1.24 bits per heavy atom. The number of para-hydroxylation sites is 2. The molecule has 21 heavy (non-hydrogen) atoms. The fraction of sp³-hybridized carbons (Fsp3) is 0.125. The number of methoxy groups -OCH3 is 1. The van der Waals surface area contributed by atoms with Gasteiger partial charge in [-0.3, -0.25) is 0 Å². The van der Waals surface area contributed by atoms with E-state index in [1.807, 2.05) is 36.4 Å². The summed E-state index contributed by atoms with van der Waals surface area (Å²) in [5, 5.41) is 12.3. The number of nitrogens with zero attached hydrogens (tertiary/aromatic N) is 2. The van der Waals surface area contributed by atoms with Crippen molar-refractivity contribution in [3.8, 4) is 11.8 Å². The second kappa shape index (κ2) is 5.55. The monoisotopic (exact) mass is 278 g/mol. The average Bonchev–Trinajstić information content (AvgIpc) is 2.96. The van der Waals surface area contributed by atoms with Crippen molar-refractivity contribution in [2.45, 2.75) is 6.54 Å². The minimum atomic E-state index is 0.564. The summed E-state index contributed by atoms with van der Waals surface area (Å²) in [4.78, 5) is 7.59. The Bertz CT molecular complexity index is 817. The Labute approximate surface area is 122 Å². The molecule has 0 saturated heterocycles. The minimum absolute atomic E-state index is 0.564. The smallest absolute Gasteiger partial charge is 0.201 e. The summed E-state index contributed by atoms with van der Waals surface area (Å²) in [6, 6.07) is 15.5. The molecule has 0 amide bonds. The number of nitrogens with one attached hydrogen (secondary N) is 2. The number of hydrogen-bond acceptors (Lipinski definition) is 4. The van der Waals surface area contributed by atoms with Crippen LogP contribution in [-0.2, 0) is 6.54 Å². The number of ether oxygens (including phenoxy) is 1. The van der Waals surface area contributed by atoms with Gasteiger partial charge in [0, 0.05) is 12.1 Å². The van der Waals surface area contributed by atoms with E-state index in [1.165, 1.54) is 0 Å². The molecule has 3 aromatic rings. The van der Waals surface area contributed by atoms with Crippen molar-refractivity contribution in [3.63, 3.8) is 0 Å². The van der Waals surface area contributed by atoms with Gasteiger partial charge >= 0.3 is 0 Å². The molecule has 0 atom stereocenters. The van der Waals surface area contributed by atoms with Crippen molar-refractivity contribution < 1.29 is 4.74 Å². The summed E-state index contributed by atoms with van der Waals surface area (Å²) in [5.74, 6) is 1.47. The number of imidazole rings is 1. The van der Waals surface area contributed by atoms with Gasteiger partial charge in [0.15, 0.2) is 0 Å². The van der Waals surface area contributed by atoms with E-state index in [4.69, 9.17) is 10.00 Å². The number of aromatic nitrogens is 2. The maximum absolute atomic E-state index is 9.08. The zero-order chi connectivity index (χ0) is 14.7. The third-order valence-corrected chi connectivity index (χ3v) is 3.27. The Hall–Kier alpha value is -3.00. The quantitative estimate of drug-likeness (QED) is 0.769. The molecule has 1 heterocycles. The molecule has 5 nitrogen and oxygen atoms in total. The Kier molecular flexibility index (Phi) is 3.44. The van der Waals surface area contributed by atoms with E-state index in [9.17, 15) is 0 Å². The molecule has 0 aliphatic heterocycles. The second-order valence-corrected chi connectivity index (χ2v) is 4.56. The molecule has 0 fully saturated rings. The van der Waals surface area contributed by atoms with Gasteiger partial charge in [0.1, 0.15) is 17.3 Å². The third kappa shape index (κ3) is 2.51. The Morgan fingerprint density at radius 3 is 2.90 bits per heavy atom. The van der Waals surface area contributed by atoms with Crippen LogP contribution >= 0.6 is 0 Å². The highest BCUT2D eigenvalue weighted by atomic mass is 16.5. The van der Waals surface area contributed by atoms with Gasteiger partial charge < -0.3 is 15.0 Å². The average molecular weight is 278 g/mol. The maximum Gasteiger partial charge on any atom is 0.201 e. The first-order valence-electron chi connectivity index (χ1n) is 6.56. The molecule has 0 unspecified atom stereocenters. The van der Waals surface area contributed by atoms with Gasteiger partial charge in [-0.2, -0.15) is 5.26 Å². The number of H-pyrrole nitrogens is 1. The lowest BCUT2D eigenvalue weighted by Gasteiger charge is -2.08.